The Bertz CT molecular complexity index is 850. The molecule has 1 aliphatic rings. The van der Waals surface area contributed by atoms with Crippen molar-refractivity contribution < 1.29 is 27.5 Å². The molecule has 1 aliphatic heterocycles. The molecular formula is C18H13ClF3NO3. The van der Waals surface area contributed by atoms with E-state index in [2.05, 4.69) is 5.32 Å². The largest absolute Gasteiger partial charge is 0.462 e. The number of hydrogen-bond donors (Lipinski definition) is 1. The van der Waals surface area contributed by atoms with E-state index in [-0.39, 0.29) is 18.1 Å². The zero-order valence-corrected chi connectivity index (χ0v) is 14.0. The maximum Gasteiger partial charge on any atom is 0.416 e. The van der Waals surface area contributed by atoms with Gasteiger partial charge in [0.15, 0.2) is 0 Å². The second kappa shape index (κ2) is 6.99. The minimum atomic E-state index is -4.46. The molecule has 4 nitrogen and oxygen atoms in total. The van der Waals surface area contributed by atoms with Gasteiger partial charge >= 0.3 is 12.1 Å². The molecule has 0 unspecified atom stereocenters. The second-order valence-corrected chi connectivity index (χ2v) is 6.13. The quantitative estimate of drug-likeness (QED) is 0.631. The summed E-state index contributed by atoms with van der Waals surface area (Å²) in [6.07, 6.45) is -4.13. The average molecular weight is 384 g/mol. The number of fused-ring (bicyclic) bond motifs is 1. The van der Waals surface area contributed by atoms with Crippen molar-refractivity contribution in [1.82, 2.24) is 0 Å². The van der Waals surface area contributed by atoms with E-state index in [0.717, 1.165) is 29.8 Å². The number of carbonyl (C=O) groups excluding carboxylic acids is 2. The predicted molar refractivity (Wildman–Crippen MR) is 89.1 cm³/mol. The lowest BCUT2D eigenvalue weighted by Crippen LogP contribution is -2.11. The Kier molecular flexibility index (Phi) is 4.91. The van der Waals surface area contributed by atoms with Crippen molar-refractivity contribution in [3.05, 3.63) is 64.7 Å². The van der Waals surface area contributed by atoms with Crippen LogP contribution in [0.4, 0.5) is 18.9 Å². The third-order valence-corrected chi connectivity index (χ3v) is 4.41. The van der Waals surface area contributed by atoms with Crippen LogP contribution in [0.25, 0.3) is 0 Å². The number of hydrogen-bond acceptors (Lipinski definition) is 3. The van der Waals surface area contributed by atoms with Gasteiger partial charge in [0.2, 0.25) is 5.91 Å². The molecule has 1 amide bonds. The first kappa shape index (κ1) is 18.3. The van der Waals surface area contributed by atoms with Crippen molar-refractivity contribution in [2.45, 2.75) is 18.0 Å². The standard InChI is InChI=1S/C18H13ClF3NO3/c19-15-14-10(2-1-3-13(14)23-16(15)24)8-9-26-17(25)11-4-6-12(7-5-11)18(20,21)22/h1-7,15H,8-9H2,(H,23,24)/t15-/m0/s1. The van der Waals surface area contributed by atoms with Crippen molar-refractivity contribution in [2.24, 2.45) is 0 Å². The molecule has 3 rings (SSSR count). The molecule has 0 bridgehead atoms. The first-order chi connectivity index (χ1) is 12.3. The van der Waals surface area contributed by atoms with E-state index in [1.165, 1.54) is 0 Å². The van der Waals surface area contributed by atoms with Crippen molar-refractivity contribution in [2.75, 3.05) is 11.9 Å². The number of nitrogens with one attached hydrogen (secondary N) is 1. The Labute approximate surface area is 151 Å². The van der Waals surface area contributed by atoms with Gasteiger partial charge in [-0.05, 0) is 35.9 Å². The summed E-state index contributed by atoms with van der Waals surface area (Å²) in [5, 5.41) is 1.86. The number of alkyl halides is 4. The zero-order valence-electron chi connectivity index (χ0n) is 13.3. The van der Waals surface area contributed by atoms with E-state index >= 15 is 0 Å². The molecule has 0 saturated carbocycles. The fraction of sp³-hybridized carbons (Fsp3) is 0.222. The van der Waals surface area contributed by atoms with Crippen LogP contribution in [0.3, 0.4) is 0 Å². The Hall–Kier alpha value is -2.54. The van der Waals surface area contributed by atoms with E-state index in [1.807, 2.05) is 0 Å². The van der Waals surface area contributed by atoms with Crippen LogP contribution in [0.5, 0.6) is 0 Å². The highest BCUT2D eigenvalue weighted by atomic mass is 35.5. The summed E-state index contributed by atoms with van der Waals surface area (Å²) in [6, 6.07) is 9.06. The van der Waals surface area contributed by atoms with Crippen molar-refractivity contribution in [3.8, 4) is 0 Å². The van der Waals surface area contributed by atoms with Crippen LogP contribution in [-0.4, -0.2) is 18.5 Å². The van der Waals surface area contributed by atoms with Gasteiger partial charge in [-0.15, -0.1) is 11.6 Å². The monoisotopic (exact) mass is 383 g/mol. The molecule has 0 radical (unpaired) electrons. The average Bonchev–Trinajstić information content (AvgIpc) is 2.89. The van der Waals surface area contributed by atoms with Gasteiger partial charge < -0.3 is 10.1 Å². The Morgan fingerprint density at radius 1 is 1.15 bits per heavy atom. The Balaban J connectivity index is 1.62. The molecule has 0 aliphatic carbocycles. The summed E-state index contributed by atoms with van der Waals surface area (Å²) < 4.78 is 42.7. The summed E-state index contributed by atoms with van der Waals surface area (Å²) in [6.45, 7) is 0.00804. The maximum absolute atomic E-state index is 12.5. The fourth-order valence-electron chi connectivity index (χ4n) is 2.70. The van der Waals surface area contributed by atoms with Gasteiger partial charge in [0.25, 0.3) is 0 Å². The summed E-state index contributed by atoms with van der Waals surface area (Å²) >= 11 is 6.08. The SMILES string of the molecule is O=C(OCCc1cccc2c1[C@H](Cl)C(=O)N2)c1ccc(C(F)(F)F)cc1. The van der Waals surface area contributed by atoms with Crippen LogP contribution in [0.15, 0.2) is 42.5 Å². The normalized spacial score (nSPS) is 16.2. The number of ether oxygens (including phenoxy) is 1. The molecule has 136 valence electrons. The lowest BCUT2D eigenvalue weighted by Gasteiger charge is -2.10. The van der Waals surface area contributed by atoms with Crippen LogP contribution in [0.1, 0.15) is 32.4 Å². The number of rotatable bonds is 4. The minimum absolute atomic E-state index is 0.00804. The van der Waals surface area contributed by atoms with Crippen LogP contribution < -0.4 is 5.32 Å². The number of amides is 1. The number of carbonyl (C=O) groups is 2. The molecule has 1 N–H and O–H groups in total. The first-order valence-corrected chi connectivity index (χ1v) is 8.12. The molecule has 0 saturated heterocycles. The molecule has 26 heavy (non-hydrogen) atoms. The molecular weight excluding hydrogens is 371 g/mol. The van der Waals surface area contributed by atoms with Crippen molar-refractivity contribution in [3.63, 3.8) is 0 Å². The lowest BCUT2D eigenvalue weighted by molar-refractivity contribution is -0.137. The van der Waals surface area contributed by atoms with E-state index in [1.54, 1.807) is 18.2 Å². The van der Waals surface area contributed by atoms with E-state index in [9.17, 15) is 22.8 Å². The highest BCUT2D eigenvalue weighted by Gasteiger charge is 2.31. The topological polar surface area (TPSA) is 55.4 Å². The van der Waals surface area contributed by atoms with Gasteiger partial charge in [0, 0.05) is 17.7 Å². The highest BCUT2D eigenvalue weighted by Crippen LogP contribution is 2.37. The Morgan fingerprint density at radius 3 is 2.50 bits per heavy atom. The molecule has 1 atom stereocenters. The van der Waals surface area contributed by atoms with Gasteiger partial charge in [-0.3, -0.25) is 4.79 Å². The first-order valence-electron chi connectivity index (χ1n) is 7.68. The van der Waals surface area contributed by atoms with E-state index in [0.29, 0.717) is 17.7 Å². The third kappa shape index (κ3) is 3.67. The van der Waals surface area contributed by atoms with Crippen molar-refractivity contribution in [1.29, 1.82) is 0 Å². The van der Waals surface area contributed by atoms with Gasteiger partial charge in [-0.1, -0.05) is 12.1 Å². The summed E-state index contributed by atoms with van der Waals surface area (Å²) in [4.78, 5) is 23.6. The number of anilines is 1. The van der Waals surface area contributed by atoms with Gasteiger partial charge in [0.1, 0.15) is 5.38 Å². The number of halogens is 4. The summed E-state index contributed by atoms with van der Waals surface area (Å²) in [5.41, 5.74) is 1.25. The van der Waals surface area contributed by atoms with Crippen LogP contribution >= 0.6 is 11.6 Å². The Morgan fingerprint density at radius 2 is 1.85 bits per heavy atom. The maximum atomic E-state index is 12.5. The van der Waals surface area contributed by atoms with Gasteiger partial charge in [-0.2, -0.15) is 13.2 Å². The van der Waals surface area contributed by atoms with E-state index in [4.69, 9.17) is 16.3 Å². The minimum Gasteiger partial charge on any atom is -0.462 e. The lowest BCUT2D eigenvalue weighted by atomic mass is 10.0. The van der Waals surface area contributed by atoms with E-state index < -0.39 is 23.1 Å². The van der Waals surface area contributed by atoms with Gasteiger partial charge in [-0.25, -0.2) is 4.79 Å². The van der Waals surface area contributed by atoms with Crippen LogP contribution in [0.2, 0.25) is 0 Å². The smallest absolute Gasteiger partial charge is 0.416 e. The molecule has 8 heteroatoms. The number of esters is 1. The summed E-state index contributed by atoms with van der Waals surface area (Å²) in [7, 11) is 0. The van der Waals surface area contributed by atoms with Crippen molar-refractivity contribution >= 4 is 29.2 Å². The molecule has 0 spiro atoms. The molecule has 1 heterocycles. The molecule has 2 aromatic rings. The second-order valence-electron chi connectivity index (χ2n) is 5.69. The van der Waals surface area contributed by atoms with Crippen LogP contribution in [0, 0.1) is 0 Å². The fourth-order valence-corrected chi connectivity index (χ4v) is 3.01. The zero-order chi connectivity index (χ0) is 18.9. The molecule has 0 aromatic heterocycles. The molecule has 0 fully saturated rings. The predicted octanol–water partition coefficient (Wildman–Crippen LogP) is 4.34. The highest BCUT2D eigenvalue weighted by molar-refractivity contribution is 6.35. The number of benzene rings is 2. The summed E-state index contributed by atoms with van der Waals surface area (Å²) in [5.74, 6) is -1.03. The van der Waals surface area contributed by atoms with Gasteiger partial charge in [0.05, 0.1) is 17.7 Å². The van der Waals surface area contributed by atoms with Crippen LogP contribution in [-0.2, 0) is 22.1 Å². The third-order valence-electron chi connectivity index (χ3n) is 3.99. The molecule has 2 aromatic carbocycles.